The number of hydrogen-bond donors (Lipinski definition) is 1. The molecule has 6 heteroatoms. The lowest BCUT2D eigenvalue weighted by molar-refractivity contribution is -0.139. The second-order valence-corrected chi connectivity index (χ2v) is 9.42. The quantitative estimate of drug-likeness (QED) is 0.685. The number of carbonyl (C=O) groups is 2. The maximum atomic E-state index is 13.2. The average Bonchev–Trinajstić information content (AvgIpc) is 2.74. The summed E-state index contributed by atoms with van der Waals surface area (Å²) in [7, 11) is 0. The third kappa shape index (κ3) is 5.29. The van der Waals surface area contributed by atoms with E-state index in [0.717, 1.165) is 37.2 Å². The molecular formula is C25H37N3O3. The minimum atomic E-state index is -0.511. The largest absolute Gasteiger partial charge is 0.463 e. The Balaban J connectivity index is 2.06. The summed E-state index contributed by atoms with van der Waals surface area (Å²) in [6, 6.07) is 7.53. The molecule has 1 fully saturated rings. The van der Waals surface area contributed by atoms with Crippen molar-refractivity contribution in [3.05, 3.63) is 46.7 Å². The molecule has 0 spiro atoms. The highest BCUT2D eigenvalue weighted by atomic mass is 16.5. The molecule has 2 aliphatic rings. The van der Waals surface area contributed by atoms with Gasteiger partial charge in [-0.05, 0) is 56.3 Å². The van der Waals surface area contributed by atoms with E-state index in [1.54, 1.807) is 4.90 Å². The molecule has 1 atom stereocenters. The summed E-state index contributed by atoms with van der Waals surface area (Å²) in [6.45, 7) is 13.6. The summed E-state index contributed by atoms with van der Waals surface area (Å²) in [5, 5.41) is 3.06. The number of piperidine rings is 1. The van der Waals surface area contributed by atoms with E-state index in [4.69, 9.17) is 4.74 Å². The van der Waals surface area contributed by atoms with E-state index in [1.807, 2.05) is 26.0 Å². The third-order valence-electron chi connectivity index (χ3n) is 6.18. The monoisotopic (exact) mass is 427 g/mol. The van der Waals surface area contributed by atoms with Crippen molar-refractivity contribution in [3.8, 4) is 0 Å². The van der Waals surface area contributed by atoms with Gasteiger partial charge in [0, 0.05) is 18.8 Å². The summed E-state index contributed by atoms with van der Waals surface area (Å²) in [5.74, 6) is -0.349. The van der Waals surface area contributed by atoms with Crippen LogP contribution in [0.3, 0.4) is 0 Å². The lowest BCUT2D eigenvalue weighted by Gasteiger charge is -2.39. The number of esters is 1. The number of ether oxygens (including phenoxy) is 1. The van der Waals surface area contributed by atoms with Crippen LogP contribution in [0.2, 0.25) is 0 Å². The van der Waals surface area contributed by atoms with Crippen LogP contribution in [0.15, 0.2) is 35.5 Å². The second kappa shape index (κ2) is 9.86. The molecule has 0 saturated carbocycles. The van der Waals surface area contributed by atoms with Crippen LogP contribution in [-0.4, -0.2) is 54.6 Å². The minimum absolute atomic E-state index is 0.0343. The van der Waals surface area contributed by atoms with Gasteiger partial charge in [0.25, 0.3) is 0 Å². The van der Waals surface area contributed by atoms with Gasteiger partial charge in [0.1, 0.15) is 0 Å². The van der Waals surface area contributed by atoms with Crippen LogP contribution < -0.4 is 5.32 Å². The van der Waals surface area contributed by atoms with Crippen LogP contribution in [0.4, 0.5) is 4.79 Å². The smallest absolute Gasteiger partial charge is 0.338 e. The number of likely N-dealkylation sites (N-methyl/N-ethyl adjacent to an activating group) is 1. The number of urea groups is 1. The van der Waals surface area contributed by atoms with Crippen molar-refractivity contribution < 1.29 is 14.3 Å². The van der Waals surface area contributed by atoms with E-state index in [2.05, 4.69) is 43.1 Å². The molecule has 6 nitrogen and oxygen atoms in total. The van der Waals surface area contributed by atoms with Gasteiger partial charge >= 0.3 is 12.0 Å². The predicted molar refractivity (Wildman–Crippen MR) is 123 cm³/mol. The summed E-state index contributed by atoms with van der Waals surface area (Å²) >= 11 is 0. The van der Waals surface area contributed by atoms with Crippen molar-refractivity contribution in [2.75, 3.05) is 32.8 Å². The number of likely N-dealkylation sites (tertiary alicyclic amines) is 1. The maximum absolute atomic E-state index is 13.2. The van der Waals surface area contributed by atoms with Crippen molar-refractivity contribution in [1.82, 2.24) is 15.1 Å². The number of rotatable bonds is 6. The van der Waals surface area contributed by atoms with Gasteiger partial charge in [0.05, 0.1) is 18.2 Å². The van der Waals surface area contributed by atoms with E-state index in [-0.39, 0.29) is 17.4 Å². The van der Waals surface area contributed by atoms with Crippen LogP contribution in [0.5, 0.6) is 0 Å². The summed E-state index contributed by atoms with van der Waals surface area (Å²) in [5.41, 5.74) is 3.47. The lowest BCUT2D eigenvalue weighted by Crippen LogP contribution is -2.51. The molecule has 1 saturated heterocycles. The zero-order chi connectivity index (χ0) is 22.6. The maximum Gasteiger partial charge on any atom is 0.338 e. The first-order valence-electron chi connectivity index (χ1n) is 11.6. The van der Waals surface area contributed by atoms with Crippen LogP contribution in [0, 0.1) is 0 Å². The molecule has 0 bridgehead atoms. The van der Waals surface area contributed by atoms with E-state index in [1.165, 1.54) is 12.0 Å². The van der Waals surface area contributed by atoms with Gasteiger partial charge in [-0.3, -0.25) is 9.80 Å². The van der Waals surface area contributed by atoms with Crippen LogP contribution in [-0.2, 0) is 14.9 Å². The molecule has 1 aromatic carbocycles. The van der Waals surface area contributed by atoms with Gasteiger partial charge in [0.15, 0.2) is 0 Å². The number of carbonyl (C=O) groups excluding carboxylic acids is 2. The Hall–Kier alpha value is -2.34. The predicted octanol–water partition coefficient (Wildman–Crippen LogP) is 4.37. The zero-order valence-electron chi connectivity index (χ0n) is 19.7. The van der Waals surface area contributed by atoms with Crippen molar-refractivity contribution >= 4 is 12.0 Å². The fraction of sp³-hybridized carbons (Fsp3) is 0.600. The Morgan fingerprint density at radius 3 is 2.29 bits per heavy atom. The molecule has 0 unspecified atom stereocenters. The molecule has 2 aliphatic heterocycles. The van der Waals surface area contributed by atoms with Crippen molar-refractivity contribution in [2.45, 2.75) is 65.3 Å². The average molecular weight is 428 g/mol. The third-order valence-corrected chi connectivity index (χ3v) is 6.18. The Labute approximate surface area is 186 Å². The Kier molecular flexibility index (Phi) is 7.42. The standard InChI is InChI=1S/C25H37N3O3/c1-6-28-20(17-27-15-9-8-10-16-27)21(23(29)31-7-2)22(26-24(28)30)18-11-13-19(14-12-18)25(3,4)5/h11-14,22H,6-10,15-17H2,1-5H3,(H,26,30)/t22-/m0/s1. The number of nitrogens with zero attached hydrogens (tertiary/aromatic N) is 2. The molecule has 2 heterocycles. The van der Waals surface area contributed by atoms with E-state index < -0.39 is 6.04 Å². The molecule has 0 aromatic heterocycles. The van der Waals surface area contributed by atoms with Gasteiger partial charge in [-0.15, -0.1) is 0 Å². The van der Waals surface area contributed by atoms with Crippen LogP contribution >= 0.6 is 0 Å². The van der Waals surface area contributed by atoms with Crippen molar-refractivity contribution in [1.29, 1.82) is 0 Å². The highest BCUT2D eigenvalue weighted by Gasteiger charge is 2.38. The van der Waals surface area contributed by atoms with Crippen molar-refractivity contribution in [3.63, 3.8) is 0 Å². The molecular weight excluding hydrogens is 390 g/mol. The molecule has 2 amide bonds. The SMILES string of the molecule is CCOC(=O)C1=C(CN2CCCCC2)N(CC)C(=O)N[C@H]1c1ccc(C(C)(C)C)cc1. The first-order valence-corrected chi connectivity index (χ1v) is 11.6. The molecule has 170 valence electrons. The fourth-order valence-electron chi connectivity index (χ4n) is 4.41. The van der Waals surface area contributed by atoms with Gasteiger partial charge in [-0.1, -0.05) is 51.5 Å². The van der Waals surface area contributed by atoms with Gasteiger partial charge in [-0.2, -0.15) is 0 Å². The topological polar surface area (TPSA) is 61.9 Å². The van der Waals surface area contributed by atoms with Gasteiger partial charge < -0.3 is 10.1 Å². The lowest BCUT2D eigenvalue weighted by atomic mass is 9.85. The summed E-state index contributed by atoms with van der Waals surface area (Å²) < 4.78 is 5.47. The number of nitrogens with one attached hydrogen (secondary N) is 1. The molecule has 1 N–H and O–H groups in total. The molecule has 1 aromatic rings. The van der Waals surface area contributed by atoms with Crippen LogP contribution in [0.25, 0.3) is 0 Å². The molecule has 0 radical (unpaired) electrons. The van der Waals surface area contributed by atoms with Crippen molar-refractivity contribution in [2.24, 2.45) is 0 Å². The highest BCUT2D eigenvalue weighted by molar-refractivity contribution is 5.95. The Morgan fingerprint density at radius 2 is 1.74 bits per heavy atom. The highest BCUT2D eigenvalue weighted by Crippen LogP contribution is 2.33. The zero-order valence-corrected chi connectivity index (χ0v) is 19.7. The van der Waals surface area contributed by atoms with Gasteiger partial charge in [0.2, 0.25) is 0 Å². The summed E-state index contributed by atoms with van der Waals surface area (Å²) in [4.78, 5) is 30.2. The number of amides is 2. The Bertz CT molecular complexity index is 817. The number of hydrogen-bond acceptors (Lipinski definition) is 4. The first kappa shape index (κ1) is 23.3. The Morgan fingerprint density at radius 1 is 1.10 bits per heavy atom. The van der Waals surface area contributed by atoms with E-state index in [0.29, 0.717) is 25.3 Å². The second-order valence-electron chi connectivity index (χ2n) is 9.42. The normalized spacial score (nSPS) is 20.6. The summed E-state index contributed by atoms with van der Waals surface area (Å²) in [6.07, 6.45) is 3.54. The van der Waals surface area contributed by atoms with E-state index in [9.17, 15) is 9.59 Å². The fourth-order valence-corrected chi connectivity index (χ4v) is 4.41. The molecule has 31 heavy (non-hydrogen) atoms. The van der Waals surface area contributed by atoms with E-state index >= 15 is 0 Å². The first-order chi connectivity index (χ1) is 14.8. The van der Waals surface area contributed by atoms with Gasteiger partial charge in [-0.25, -0.2) is 9.59 Å². The molecule has 3 rings (SSSR count). The minimum Gasteiger partial charge on any atom is -0.463 e. The molecule has 0 aliphatic carbocycles. The van der Waals surface area contributed by atoms with Crippen LogP contribution in [0.1, 0.15) is 71.0 Å². The number of benzene rings is 1.